The number of nitrogens with zero attached hydrogens (tertiary/aromatic N) is 4. The van der Waals surface area contributed by atoms with Crippen molar-refractivity contribution in [1.29, 1.82) is 0 Å². The Hall–Kier alpha value is -2.68. The van der Waals surface area contributed by atoms with Crippen molar-refractivity contribution in [3.05, 3.63) is 34.8 Å². The molecule has 0 fully saturated rings. The van der Waals surface area contributed by atoms with Crippen LogP contribution in [0.3, 0.4) is 0 Å². The van der Waals surface area contributed by atoms with E-state index >= 15 is 0 Å². The highest BCUT2D eigenvalue weighted by molar-refractivity contribution is 9.10. The van der Waals surface area contributed by atoms with Crippen LogP contribution in [-0.2, 0) is 0 Å². The van der Waals surface area contributed by atoms with Crippen LogP contribution in [0, 0.1) is 0 Å². The van der Waals surface area contributed by atoms with Crippen LogP contribution in [0.1, 0.15) is 5.56 Å². The van der Waals surface area contributed by atoms with E-state index < -0.39 is 0 Å². The predicted octanol–water partition coefficient (Wildman–Crippen LogP) is 2.28. The summed E-state index contributed by atoms with van der Waals surface area (Å²) in [6.45, 7) is 0. The largest absolute Gasteiger partial charge is 0.503 e. The maximum atomic E-state index is 9.76. The molecule has 0 radical (unpaired) electrons. The molecular formula is C13H11BrN6O2. The number of hydrogen-bond acceptors (Lipinski definition) is 7. The molecule has 0 aliphatic rings. The Morgan fingerprint density at radius 1 is 1.36 bits per heavy atom. The number of hydrogen-bond donors (Lipinski definition) is 3. The standard InChI is InChI=1S/C13H11BrN6O2/c1-22-9-3-7(2-8(14)11(9)21)4-19-20-13-10-12(16-5-15-10)17-6-18-13/h2-6,21H,1H3,(H2,15,16,17,18,20)/b19-4-. The van der Waals surface area contributed by atoms with Crippen molar-refractivity contribution >= 4 is 39.1 Å². The Labute approximate surface area is 133 Å². The molecular weight excluding hydrogens is 352 g/mol. The van der Waals surface area contributed by atoms with Gasteiger partial charge in [-0.05, 0) is 33.6 Å². The van der Waals surface area contributed by atoms with Crippen molar-refractivity contribution in [3.63, 3.8) is 0 Å². The number of rotatable bonds is 4. The second-order valence-corrected chi connectivity index (χ2v) is 5.10. The summed E-state index contributed by atoms with van der Waals surface area (Å²) in [5.41, 5.74) is 4.79. The average molecular weight is 363 g/mol. The van der Waals surface area contributed by atoms with E-state index in [1.54, 1.807) is 18.3 Å². The van der Waals surface area contributed by atoms with Gasteiger partial charge in [0.15, 0.2) is 23.0 Å². The highest BCUT2D eigenvalue weighted by atomic mass is 79.9. The van der Waals surface area contributed by atoms with E-state index in [-0.39, 0.29) is 5.75 Å². The third-order valence-electron chi connectivity index (χ3n) is 2.88. The zero-order valence-electron chi connectivity index (χ0n) is 11.4. The van der Waals surface area contributed by atoms with E-state index in [1.165, 1.54) is 19.8 Å². The number of aromatic amines is 1. The summed E-state index contributed by atoms with van der Waals surface area (Å²) in [4.78, 5) is 15.1. The third kappa shape index (κ3) is 2.70. The second-order valence-electron chi connectivity index (χ2n) is 4.25. The molecule has 112 valence electrons. The van der Waals surface area contributed by atoms with Crippen LogP contribution in [0.5, 0.6) is 11.5 Å². The van der Waals surface area contributed by atoms with Gasteiger partial charge in [-0.2, -0.15) is 5.10 Å². The number of fused-ring (bicyclic) bond motifs is 1. The van der Waals surface area contributed by atoms with Crippen LogP contribution in [-0.4, -0.2) is 38.4 Å². The number of halogens is 1. The van der Waals surface area contributed by atoms with E-state index in [1.807, 2.05) is 0 Å². The number of imidazole rings is 1. The fourth-order valence-electron chi connectivity index (χ4n) is 1.84. The van der Waals surface area contributed by atoms with Crippen molar-refractivity contribution in [2.75, 3.05) is 12.5 Å². The van der Waals surface area contributed by atoms with Crippen LogP contribution < -0.4 is 10.2 Å². The number of methoxy groups -OCH3 is 1. The molecule has 0 spiro atoms. The molecule has 2 aromatic heterocycles. The molecule has 8 nitrogen and oxygen atoms in total. The van der Waals surface area contributed by atoms with Crippen LogP contribution in [0.4, 0.5) is 5.82 Å². The molecule has 9 heteroatoms. The Kier molecular flexibility index (Phi) is 3.88. The number of hydrazone groups is 1. The van der Waals surface area contributed by atoms with Gasteiger partial charge < -0.3 is 14.8 Å². The average Bonchev–Trinajstić information content (AvgIpc) is 3.00. The maximum absolute atomic E-state index is 9.76. The quantitative estimate of drug-likeness (QED) is 0.485. The molecule has 0 atom stereocenters. The topological polar surface area (TPSA) is 108 Å². The molecule has 0 aliphatic heterocycles. The highest BCUT2D eigenvalue weighted by Crippen LogP contribution is 2.34. The lowest BCUT2D eigenvalue weighted by Gasteiger charge is -2.06. The first-order valence-corrected chi connectivity index (χ1v) is 6.98. The molecule has 0 unspecified atom stereocenters. The van der Waals surface area contributed by atoms with Gasteiger partial charge in [0.2, 0.25) is 0 Å². The number of phenols is 1. The predicted molar refractivity (Wildman–Crippen MR) is 85.3 cm³/mol. The molecule has 3 N–H and O–H groups in total. The third-order valence-corrected chi connectivity index (χ3v) is 3.48. The van der Waals surface area contributed by atoms with Crippen molar-refractivity contribution in [2.45, 2.75) is 0 Å². The Balaban J connectivity index is 1.83. The van der Waals surface area contributed by atoms with Crippen molar-refractivity contribution < 1.29 is 9.84 Å². The van der Waals surface area contributed by atoms with Crippen molar-refractivity contribution in [1.82, 2.24) is 19.9 Å². The normalized spacial score (nSPS) is 11.2. The van der Waals surface area contributed by atoms with E-state index in [0.29, 0.717) is 27.2 Å². The number of anilines is 1. The van der Waals surface area contributed by atoms with Gasteiger partial charge in [-0.1, -0.05) is 0 Å². The first-order chi connectivity index (χ1) is 10.7. The zero-order valence-corrected chi connectivity index (χ0v) is 13.0. The molecule has 0 aliphatic carbocycles. The summed E-state index contributed by atoms with van der Waals surface area (Å²) < 4.78 is 5.60. The highest BCUT2D eigenvalue weighted by Gasteiger charge is 2.08. The summed E-state index contributed by atoms with van der Waals surface area (Å²) >= 11 is 3.26. The summed E-state index contributed by atoms with van der Waals surface area (Å²) in [5, 5.41) is 13.9. The molecule has 3 rings (SSSR count). The molecule has 3 aromatic rings. The molecule has 0 saturated carbocycles. The lowest BCUT2D eigenvalue weighted by atomic mass is 10.2. The van der Waals surface area contributed by atoms with Gasteiger partial charge >= 0.3 is 0 Å². The van der Waals surface area contributed by atoms with Crippen LogP contribution in [0.2, 0.25) is 0 Å². The Morgan fingerprint density at radius 3 is 3.05 bits per heavy atom. The van der Waals surface area contributed by atoms with Crippen LogP contribution in [0.15, 0.2) is 34.4 Å². The number of aromatic nitrogens is 4. The minimum Gasteiger partial charge on any atom is -0.503 e. The molecule has 0 bridgehead atoms. The van der Waals surface area contributed by atoms with Gasteiger partial charge in [-0.3, -0.25) is 5.43 Å². The van der Waals surface area contributed by atoms with E-state index in [0.717, 1.165) is 5.56 Å². The van der Waals surface area contributed by atoms with E-state index in [2.05, 4.69) is 46.4 Å². The summed E-state index contributed by atoms with van der Waals surface area (Å²) in [6, 6.07) is 3.38. The number of benzene rings is 1. The fourth-order valence-corrected chi connectivity index (χ4v) is 2.30. The molecule has 2 heterocycles. The number of phenolic OH excluding ortho intramolecular Hbond substituents is 1. The Morgan fingerprint density at radius 2 is 2.23 bits per heavy atom. The number of H-pyrrole nitrogens is 1. The molecule has 0 amide bonds. The van der Waals surface area contributed by atoms with E-state index in [4.69, 9.17) is 4.74 Å². The zero-order chi connectivity index (χ0) is 15.5. The molecule has 22 heavy (non-hydrogen) atoms. The number of nitrogens with one attached hydrogen (secondary N) is 2. The second kappa shape index (κ2) is 5.98. The fraction of sp³-hybridized carbons (Fsp3) is 0.0769. The van der Waals surface area contributed by atoms with Gasteiger partial charge in [-0.15, -0.1) is 0 Å². The van der Waals surface area contributed by atoms with Crippen molar-refractivity contribution in [2.24, 2.45) is 5.10 Å². The maximum Gasteiger partial charge on any atom is 0.182 e. The van der Waals surface area contributed by atoms with Crippen LogP contribution >= 0.6 is 15.9 Å². The minimum absolute atomic E-state index is 0.0441. The summed E-state index contributed by atoms with van der Waals surface area (Å²) in [7, 11) is 1.48. The van der Waals surface area contributed by atoms with Crippen LogP contribution in [0.25, 0.3) is 11.2 Å². The monoisotopic (exact) mass is 362 g/mol. The van der Waals surface area contributed by atoms with Gasteiger partial charge in [0.1, 0.15) is 11.8 Å². The first kappa shape index (κ1) is 14.3. The van der Waals surface area contributed by atoms with Gasteiger partial charge in [0.25, 0.3) is 0 Å². The molecule has 1 aromatic carbocycles. The lowest BCUT2D eigenvalue weighted by Crippen LogP contribution is -1.96. The van der Waals surface area contributed by atoms with Crippen molar-refractivity contribution in [3.8, 4) is 11.5 Å². The SMILES string of the molecule is COc1cc(/C=N\Nc2ncnc3nc[nH]c23)cc(Br)c1O. The van der Waals surface area contributed by atoms with E-state index in [9.17, 15) is 5.11 Å². The molecule has 0 saturated heterocycles. The minimum atomic E-state index is 0.0441. The number of ether oxygens (including phenoxy) is 1. The van der Waals surface area contributed by atoms with Gasteiger partial charge in [0, 0.05) is 0 Å². The van der Waals surface area contributed by atoms with Gasteiger partial charge in [-0.25, -0.2) is 15.0 Å². The summed E-state index contributed by atoms with van der Waals surface area (Å²) in [5.74, 6) is 0.917. The summed E-state index contributed by atoms with van der Waals surface area (Å²) in [6.07, 6.45) is 4.52. The van der Waals surface area contributed by atoms with Gasteiger partial charge in [0.05, 0.1) is 24.1 Å². The lowest BCUT2D eigenvalue weighted by molar-refractivity contribution is 0.372. The smallest absolute Gasteiger partial charge is 0.182 e. The Bertz CT molecular complexity index is 848. The first-order valence-electron chi connectivity index (χ1n) is 6.18. The number of aromatic hydroxyl groups is 1.